The SMILES string of the molecule is Cl.NC1CC1c1cccc(C(=O)NC2CCS(O)(O)CC2)c1. The minimum atomic E-state index is -2.40. The Labute approximate surface area is 138 Å². The molecule has 1 saturated carbocycles. The molecule has 2 aliphatic rings. The van der Waals surface area contributed by atoms with Crippen LogP contribution in [0.4, 0.5) is 0 Å². The Hall–Kier alpha value is -0.790. The van der Waals surface area contributed by atoms with E-state index < -0.39 is 10.6 Å². The Kier molecular flexibility index (Phi) is 5.40. The zero-order valence-electron chi connectivity index (χ0n) is 12.3. The second-order valence-corrected chi connectivity index (χ2v) is 8.51. The van der Waals surface area contributed by atoms with E-state index in [1.807, 2.05) is 24.3 Å². The monoisotopic (exact) mass is 346 g/mol. The number of benzene rings is 1. The molecule has 0 spiro atoms. The second kappa shape index (κ2) is 6.76. The van der Waals surface area contributed by atoms with Gasteiger partial charge in [0, 0.05) is 35.1 Å². The summed E-state index contributed by atoms with van der Waals surface area (Å²) < 4.78 is 19.2. The predicted octanol–water partition coefficient (Wildman–Crippen LogP) is 2.57. The number of carbonyl (C=O) groups excluding carboxylic acids is 1. The highest BCUT2D eigenvalue weighted by molar-refractivity contribution is 8.24. The third-order valence-corrected chi connectivity index (χ3v) is 6.12. The van der Waals surface area contributed by atoms with E-state index in [4.69, 9.17) is 5.73 Å². The Morgan fingerprint density at radius 2 is 1.91 bits per heavy atom. The summed E-state index contributed by atoms with van der Waals surface area (Å²) in [6.07, 6.45) is 2.24. The van der Waals surface area contributed by atoms with Crippen molar-refractivity contribution in [3.05, 3.63) is 35.4 Å². The van der Waals surface area contributed by atoms with Crippen LogP contribution in [0, 0.1) is 0 Å². The fraction of sp³-hybridized carbons (Fsp3) is 0.533. The van der Waals surface area contributed by atoms with Gasteiger partial charge < -0.3 is 11.1 Å². The van der Waals surface area contributed by atoms with E-state index in [1.54, 1.807) is 0 Å². The van der Waals surface area contributed by atoms with Crippen molar-refractivity contribution in [2.45, 2.75) is 37.3 Å². The van der Waals surface area contributed by atoms with Gasteiger partial charge in [-0.3, -0.25) is 13.9 Å². The van der Waals surface area contributed by atoms with Crippen LogP contribution in [-0.2, 0) is 0 Å². The van der Waals surface area contributed by atoms with Crippen molar-refractivity contribution >= 4 is 28.9 Å². The van der Waals surface area contributed by atoms with Crippen LogP contribution in [0.15, 0.2) is 24.3 Å². The summed E-state index contributed by atoms with van der Waals surface area (Å²) in [5.74, 6) is 1.07. The smallest absolute Gasteiger partial charge is 0.251 e. The molecule has 1 aliphatic carbocycles. The topological polar surface area (TPSA) is 95.6 Å². The first-order valence-corrected chi connectivity index (χ1v) is 9.23. The summed E-state index contributed by atoms with van der Waals surface area (Å²) >= 11 is 0. The van der Waals surface area contributed by atoms with Crippen LogP contribution >= 0.6 is 23.0 Å². The molecule has 22 heavy (non-hydrogen) atoms. The molecule has 0 aromatic heterocycles. The highest BCUT2D eigenvalue weighted by Gasteiger charge is 2.35. The summed E-state index contributed by atoms with van der Waals surface area (Å²) in [5, 5.41) is 2.99. The van der Waals surface area contributed by atoms with E-state index in [-0.39, 0.29) is 30.4 Å². The molecule has 5 nitrogen and oxygen atoms in total. The van der Waals surface area contributed by atoms with Crippen LogP contribution in [0.5, 0.6) is 0 Å². The van der Waals surface area contributed by atoms with Crippen LogP contribution in [0.3, 0.4) is 0 Å². The maximum Gasteiger partial charge on any atom is 0.251 e. The second-order valence-electron chi connectivity index (χ2n) is 6.09. The normalized spacial score (nSPS) is 28.3. The van der Waals surface area contributed by atoms with Crippen LogP contribution in [0.2, 0.25) is 0 Å². The van der Waals surface area contributed by atoms with Gasteiger partial charge >= 0.3 is 0 Å². The molecule has 1 amide bonds. The van der Waals surface area contributed by atoms with Gasteiger partial charge in [-0.2, -0.15) is 10.6 Å². The number of hydrogen-bond acceptors (Lipinski definition) is 4. The Morgan fingerprint density at radius 1 is 1.27 bits per heavy atom. The van der Waals surface area contributed by atoms with E-state index in [9.17, 15) is 13.9 Å². The lowest BCUT2D eigenvalue weighted by atomic mass is 10.1. The molecular formula is C15H23ClN2O3S. The fourth-order valence-corrected chi connectivity index (χ4v) is 4.36. The minimum absolute atomic E-state index is 0. The van der Waals surface area contributed by atoms with Crippen LogP contribution in [-0.4, -0.2) is 38.6 Å². The molecule has 1 aromatic rings. The van der Waals surface area contributed by atoms with Crippen molar-refractivity contribution in [1.29, 1.82) is 0 Å². The van der Waals surface area contributed by atoms with Crippen molar-refractivity contribution in [2.24, 2.45) is 5.73 Å². The molecular weight excluding hydrogens is 324 g/mol. The number of amides is 1. The van der Waals surface area contributed by atoms with Gasteiger partial charge in [0.05, 0.1) is 0 Å². The number of hydrogen-bond donors (Lipinski definition) is 4. The minimum Gasteiger partial charge on any atom is -0.349 e. The molecule has 0 radical (unpaired) electrons. The van der Waals surface area contributed by atoms with Crippen molar-refractivity contribution in [1.82, 2.24) is 5.32 Å². The van der Waals surface area contributed by atoms with E-state index in [0.717, 1.165) is 12.0 Å². The van der Waals surface area contributed by atoms with E-state index in [2.05, 4.69) is 5.32 Å². The first kappa shape index (κ1) is 17.6. The Balaban J connectivity index is 0.00000176. The van der Waals surface area contributed by atoms with E-state index in [0.29, 0.717) is 35.8 Å². The predicted molar refractivity (Wildman–Crippen MR) is 92.1 cm³/mol. The summed E-state index contributed by atoms with van der Waals surface area (Å²) in [6, 6.07) is 7.90. The van der Waals surface area contributed by atoms with Gasteiger partial charge in [0.1, 0.15) is 0 Å². The highest BCUT2D eigenvalue weighted by atomic mass is 35.5. The highest BCUT2D eigenvalue weighted by Crippen LogP contribution is 2.44. The van der Waals surface area contributed by atoms with Crippen molar-refractivity contribution in [3.8, 4) is 0 Å². The zero-order chi connectivity index (χ0) is 15.0. The summed E-state index contributed by atoms with van der Waals surface area (Å²) in [4.78, 5) is 12.3. The zero-order valence-corrected chi connectivity index (χ0v) is 13.9. The molecule has 5 N–H and O–H groups in total. The van der Waals surface area contributed by atoms with Crippen molar-refractivity contribution in [2.75, 3.05) is 11.5 Å². The fourth-order valence-electron chi connectivity index (χ4n) is 2.83. The third kappa shape index (κ3) is 4.14. The number of nitrogens with one attached hydrogen (secondary N) is 1. The van der Waals surface area contributed by atoms with Gasteiger partial charge in [-0.25, -0.2) is 0 Å². The lowest BCUT2D eigenvalue weighted by Crippen LogP contribution is -2.39. The molecule has 0 bridgehead atoms. The van der Waals surface area contributed by atoms with Gasteiger partial charge in [0.15, 0.2) is 0 Å². The van der Waals surface area contributed by atoms with Crippen LogP contribution in [0.1, 0.15) is 41.1 Å². The number of rotatable bonds is 3. The van der Waals surface area contributed by atoms with E-state index in [1.165, 1.54) is 0 Å². The quantitative estimate of drug-likeness (QED) is 0.676. The lowest BCUT2D eigenvalue weighted by molar-refractivity contribution is 0.0933. The lowest BCUT2D eigenvalue weighted by Gasteiger charge is -2.39. The Morgan fingerprint density at radius 3 is 2.50 bits per heavy atom. The average Bonchev–Trinajstić information content (AvgIpc) is 3.18. The first-order valence-electron chi connectivity index (χ1n) is 7.35. The maximum atomic E-state index is 12.3. The largest absolute Gasteiger partial charge is 0.349 e. The van der Waals surface area contributed by atoms with Crippen molar-refractivity contribution in [3.63, 3.8) is 0 Å². The molecule has 2 atom stereocenters. The molecule has 2 fully saturated rings. The molecule has 1 aliphatic heterocycles. The average molecular weight is 347 g/mol. The summed E-state index contributed by atoms with van der Waals surface area (Å²) in [7, 11) is -2.40. The molecule has 2 unspecified atom stereocenters. The molecule has 3 rings (SSSR count). The number of nitrogens with two attached hydrogens (primary N) is 1. The first-order chi connectivity index (χ1) is 9.94. The summed E-state index contributed by atoms with van der Waals surface area (Å²) in [6.45, 7) is 0. The van der Waals surface area contributed by atoms with Gasteiger partial charge in [0.25, 0.3) is 5.91 Å². The van der Waals surface area contributed by atoms with Gasteiger partial charge in [-0.1, -0.05) is 12.1 Å². The molecule has 1 aromatic carbocycles. The molecule has 1 heterocycles. The van der Waals surface area contributed by atoms with Crippen molar-refractivity contribution < 1.29 is 13.9 Å². The summed E-state index contributed by atoms with van der Waals surface area (Å²) in [5.41, 5.74) is 7.64. The molecule has 7 heteroatoms. The molecule has 1 saturated heterocycles. The van der Waals surface area contributed by atoms with Gasteiger partial charge in [-0.15, -0.1) is 12.4 Å². The standard InChI is InChI=1S/C15H22N2O3S.ClH/c16-14-9-13(14)10-2-1-3-11(8-10)15(18)17-12-4-6-21(19,20)7-5-12;/h1-3,8,12-14,19-20H,4-7,9,16H2,(H,17,18);1H. The molecule has 124 valence electrons. The van der Waals surface area contributed by atoms with Crippen LogP contribution < -0.4 is 11.1 Å². The van der Waals surface area contributed by atoms with E-state index >= 15 is 0 Å². The number of carbonyl (C=O) groups is 1. The van der Waals surface area contributed by atoms with Gasteiger partial charge in [-0.05, 0) is 37.0 Å². The van der Waals surface area contributed by atoms with Crippen LogP contribution in [0.25, 0.3) is 0 Å². The number of halogens is 1. The Bertz CT molecular complexity index is 545. The third-order valence-electron chi connectivity index (χ3n) is 4.34. The van der Waals surface area contributed by atoms with Gasteiger partial charge in [0.2, 0.25) is 0 Å². The maximum absolute atomic E-state index is 12.3.